The number of pyridine rings is 1. The molecule has 1 N–H and O–H groups in total. The van der Waals surface area contributed by atoms with Crippen LogP contribution in [0.1, 0.15) is 44.6 Å². The highest BCUT2D eigenvalue weighted by Crippen LogP contribution is 2.42. The Bertz CT molecular complexity index is 704. The zero-order valence-corrected chi connectivity index (χ0v) is 13.4. The van der Waals surface area contributed by atoms with Gasteiger partial charge in [0.15, 0.2) is 5.78 Å². The van der Waals surface area contributed by atoms with Crippen LogP contribution in [0.15, 0.2) is 47.1 Å². The number of Topliss-reactive ketones (excluding diaryl/α,β-unsaturated/α-hetero) is 1. The van der Waals surface area contributed by atoms with Crippen molar-refractivity contribution < 1.29 is 14.3 Å². The van der Waals surface area contributed by atoms with Crippen molar-refractivity contribution >= 4 is 11.8 Å². The van der Waals surface area contributed by atoms with Gasteiger partial charge in [0, 0.05) is 41.7 Å². The third-order valence-corrected chi connectivity index (χ3v) is 4.31. The van der Waals surface area contributed by atoms with Gasteiger partial charge in [-0.15, -0.1) is 0 Å². The minimum absolute atomic E-state index is 0.106. The van der Waals surface area contributed by atoms with E-state index in [2.05, 4.69) is 10.3 Å². The molecule has 0 bridgehead atoms. The van der Waals surface area contributed by atoms with Crippen LogP contribution in [0.2, 0.25) is 0 Å². The lowest BCUT2D eigenvalue weighted by molar-refractivity contribution is -0.138. The molecule has 0 spiro atoms. The van der Waals surface area contributed by atoms with E-state index in [1.807, 2.05) is 19.1 Å². The molecule has 2 heterocycles. The van der Waals surface area contributed by atoms with E-state index in [1.54, 1.807) is 19.3 Å². The van der Waals surface area contributed by atoms with Crippen LogP contribution in [0.4, 0.5) is 0 Å². The van der Waals surface area contributed by atoms with E-state index in [0.717, 1.165) is 29.8 Å². The fourth-order valence-corrected chi connectivity index (χ4v) is 3.35. The number of rotatable bonds is 3. The van der Waals surface area contributed by atoms with Gasteiger partial charge in [0.05, 0.1) is 12.2 Å². The summed E-state index contributed by atoms with van der Waals surface area (Å²) in [7, 11) is 0. The first-order valence-electron chi connectivity index (χ1n) is 7.94. The minimum atomic E-state index is -0.374. The lowest BCUT2D eigenvalue weighted by Crippen LogP contribution is -2.34. The molecule has 0 saturated heterocycles. The normalized spacial score (nSPS) is 21.0. The summed E-state index contributed by atoms with van der Waals surface area (Å²) in [6.45, 7) is 3.95. The van der Waals surface area contributed by atoms with Crippen LogP contribution in [0.25, 0.3) is 0 Å². The number of hydrogen-bond donors (Lipinski definition) is 1. The molecule has 1 aliphatic heterocycles. The SMILES string of the molecule is CCOC(=O)C1=C(C)NC2=C(C(=O)CCC2)[C@@H]1c1ccncc1. The number of ketones is 1. The summed E-state index contributed by atoms with van der Waals surface area (Å²) in [4.78, 5) is 29.1. The first-order chi connectivity index (χ1) is 11.1. The van der Waals surface area contributed by atoms with Crippen LogP contribution >= 0.6 is 0 Å². The molecule has 5 nitrogen and oxygen atoms in total. The standard InChI is InChI=1S/C18H20N2O3/c1-3-23-18(22)15-11(2)20-13-5-4-6-14(21)17(13)16(15)12-7-9-19-10-8-12/h7-10,16,20H,3-6H2,1-2H3/t16-/m1/s1. The maximum absolute atomic E-state index is 12.6. The Labute approximate surface area is 135 Å². The Morgan fingerprint density at radius 2 is 2.09 bits per heavy atom. The second-order valence-corrected chi connectivity index (χ2v) is 5.77. The van der Waals surface area contributed by atoms with Gasteiger partial charge in [0.2, 0.25) is 0 Å². The molecular weight excluding hydrogens is 292 g/mol. The van der Waals surface area contributed by atoms with Crippen molar-refractivity contribution in [1.82, 2.24) is 10.3 Å². The molecule has 1 atom stereocenters. The van der Waals surface area contributed by atoms with Gasteiger partial charge in [-0.25, -0.2) is 4.79 Å². The highest BCUT2D eigenvalue weighted by Gasteiger charge is 2.38. The summed E-state index contributed by atoms with van der Waals surface area (Å²) in [5, 5.41) is 3.26. The Morgan fingerprint density at radius 3 is 2.78 bits per heavy atom. The Morgan fingerprint density at radius 1 is 1.35 bits per heavy atom. The lowest BCUT2D eigenvalue weighted by atomic mass is 9.75. The summed E-state index contributed by atoms with van der Waals surface area (Å²) in [5.41, 5.74) is 3.82. The Balaban J connectivity index is 2.15. The van der Waals surface area contributed by atoms with Crippen molar-refractivity contribution in [3.05, 3.63) is 52.6 Å². The number of nitrogens with one attached hydrogen (secondary N) is 1. The molecular formula is C18H20N2O3. The third kappa shape index (κ3) is 2.79. The number of nitrogens with zero attached hydrogens (tertiary/aromatic N) is 1. The third-order valence-electron chi connectivity index (χ3n) is 4.31. The molecule has 5 heteroatoms. The van der Waals surface area contributed by atoms with Crippen molar-refractivity contribution in [2.45, 2.75) is 39.0 Å². The van der Waals surface area contributed by atoms with Crippen LogP contribution in [0, 0.1) is 0 Å². The van der Waals surface area contributed by atoms with Gasteiger partial charge in [0.25, 0.3) is 0 Å². The number of dihydropyridines is 1. The van der Waals surface area contributed by atoms with Crippen LogP contribution in [-0.2, 0) is 14.3 Å². The van der Waals surface area contributed by atoms with E-state index in [0.29, 0.717) is 24.2 Å². The van der Waals surface area contributed by atoms with Crippen LogP contribution < -0.4 is 5.32 Å². The molecule has 0 aromatic carbocycles. The lowest BCUT2D eigenvalue weighted by Gasteiger charge is -2.34. The Hall–Kier alpha value is -2.43. The predicted molar refractivity (Wildman–Crippen MR) is 85.3 cm³/mol. The number of hydrogen-bond acceptors (Lipinski definition) is 5. The van der Waals surface area contributed by atoms with Crippen molar-refractivity contribution in [3.8, 4) is 0 Å². The highest BCUT2D eigenvalue weighted by molar-refractivity contribution is 6.03. The molecule has 1 aromatic rings. The van der Waals surface area contributed by atoms with E-state index < -0.39 is 0 Å². The van der Waals surface area contributed by atoms with Gasteiger partial charge < -0.3 is 10.1 Å². The zero-order chi connectivity index (χ0) is 16.4. The molecule has 0 radical (unpaired) electrons. The number of ether oxygens (including phenoxy) is 1. The van der Waals surface area contributed by atoms with E-state index in [4.69, 9.17) is 4.74 Å². The molecule has 0 fully saturated rings. The second-order valence-electron chi connectivity index (χ2n) is 5.77. The summed E-state index contributed by atoms with van der Waals surface area (Å²) < 4.78 is 5.23. The topological polar surface area (TPSA) is 68.3 Å². The highest BCUT2D eigenvalue weighted by atomic mass is 16.5. The quantitative estimate of drug-likeness (QED) is 0.869. The van der Waals surface area contributed by atoms with Gasteiger partial charge in [-0.05, 0) is 44.4 Å². The molecule has 0 unspecified atom stereocenters. The molecule has 0 amide bonds. The maximum atomic E-state index is 12.6. The smallest absolute Gasteiger partial charge is 0.336 e. The van der Waals surface area contributed by atoms with Gasteiger partial charge in [0.1, 0.15) is 0 Å². The molecule has 120 valence electrons. The second kappa shape index (κ2) is 6.36. The molecule has 0 saturated carbocycles. The molecule has 23 heavy (non-hydrogen) atoms. The van der Waals surface area contributed by atoms with Gasteiger partial charge in [-0.2, -0.15) is 0 Å². The largest absolute Gasteiger partial charge is 0.463 e. The van der Waals surface area contributed by atoms with Crippen molar-refractivity contribution in [1.29, 1.82) is 0 Å². The molecule has 3 rings (SSSR count). The number of carbonyl (C=O) groups excluding carboxylic acids is 2. The Kier molecular flexibility index (Phi) is 4.28. The summed E-state index contributed by atoms with van der Waals surface area (Å²) in [5.74, 6) is -0.639. The number of aromatic nitrogens is 1. The van der Waals surface area contributed by atoms with E-state index in [-0.39, 0.29) is 17.7 Å². The maximum Gasteiger partial charge on any atom is 0.336 e. The minimum Gasteiger partial charge on any atom is -0.463 e. The average molecular weight is 312 g/mol. The fourth-order valence-electron chi connectivity index (χ4n) is 3.35. The van der Waals surface area contributed by atoms with Crippen LogP contribution in [-0.4, -0.2) is 23.3 Å². The first-order valence-corrected chi connectivity index (χ1v) is 7.94. The zero-order valence-electron chi connectivity index (χ0n) is 13.4. The molecule has 1 aliphatic carbocycles. The van der Waals surface area contributed by atoms with E-state index in [1.165, 1.54) is 0 Å². The predicted octanol–water partition coefficient (Wildman–Crippen LogP) is 2.61. The number of allylic oxidation sites excluding steroid dienone is 3. The number of carbonyl (C=O) groups is 2. The first kappa shape index (κ1) is 15.5. The summed E-state index contributed by atoms with van der Waals surface area (Å²) >= 11 is 0. The van der Waals surface area contributed by atoms with E-state index in [9.17, 15) is 9.59 Å². The van der Waals surface area contributed by atoms with Crippen LogP contribution in [0.5, 0.6) is 0 Å². The van der Waals surface area contributed by atoms with Crippen molar-refractivity contribution in [2.75, 3.05) is 6.61 Å². The average Bonchev–Trinajstić information content (AvgIpc) is 2.54. The van der Waals surface area contributed by atoms with Gasteiger partial charge in [-0.1, -0.05) is 0 Å². The number of esters is 1. The fraction of sp³-hybridized carbons (Fsp3) is 0.389. The van der Waals surface area contributed by atoms with Crippen molar-refractivity contribution in [2.24, 2.45) is 0 Å². The van der Waals surface area contributed by atoms with E-state index >= 15 is 0 Å². The van der Waals surface area contributed by atoms with Crippen LogP contribution in [0.3, 0.4) is 0 Å². The van der Waals surface area contributed by atoms with Crippen molar-refractivity contribution in [3.63, 3.8) is 0 Å². The monoisotopic (exact) mass is 312 g/mol. The van der Waals surface area contributed by atoms with Gasteiger partial charge in [-0.3, -0.25) is 9.78 Å². The summed E-state index contributed by atoms with van der Waals surface area (Å²) in [6.07, 6.45) is 5.56. The van der Waals surface area contributed by atoms with Gasteiger partial charge >= 0.3 is 5.97 Å². The molecule has 2 aliphatic rings. The summed E-state index contributed by atoms with van der Waals surface area (Å²) in [6, 6.07) is 3.71. The molecule has 1 aromatic heterocycles.